The topological polar surface area (TPSA) is 88.3 Å². The normalized spacial score (nSPS) is 21.6. The maximum absolute atomic E-state index is 12.0. The fraction of sp³-hybridized carbons (Fsp3) is 0.500. The quantitative estimate of drug-likeness (QED) is 0.801. The maximum Gasteiger partial charge on any atom is 0.236 e. The third-order valence-corrected chi connectivity index (χ3v) is 4.62. The van der Waals surface area contributed by atoms with Crippen LogP contribution in [0.2, 0.25) is 0 Å². The number of nitrogens with zero attached hydrogens (tertiary/aromatic N) is 2. The van der Waals surface area contributed by atoms with Gasteiger partial charge >= 0.3 is 0 Å². The minimum absolute atomic E-state index is 0.356. The summed E-state index contributed by atoms with van der Waals surface area (Å²) in [5.74, 6) is 0.369. The molecule has 0 spiro atoms. The summed E-state index contributed by atoms with van der Waals surface area (Å²) in [6.45, 7) is 1.38. The molecular formula is C10H16N4O2S. The smallest absolute Gasteiger partial charge is 0.236 e. The van der Waals surface area contributed by atoms with Crippen molar-refractivity contribution < 1.29 is 8.42 Å². The van der Waals surface area contributed by atoms with Crippen LogP contribution >= 0.6 is 0 Å². The van der Waals surface area contributed by atoms with Crippen LogP contribution in [0.5, 0.6) is 0 Å². The number of anilines is 2. The molecule has 0 radical (unpaired) electrons. The molecule has 0 aromatic carbocycles. The van der Waals surface area contributed by atoms with Gasteiger partial charge in [0.05, 0.1) is 17.1 Å². The molecule has 1 atom stereocenters. The number of rotatable bonds is 3. The molecule has 0 bridgehead atoms. The van der Waals surface area contributed by atoms with Crippen molar-refractivity contribution in [3.05, 3.63) is 18.3 Å². The minimum atomic E-state index is -3.33. The summed E-state index contributed by atoms with van der Waals surface area (Å²) < 4.78 is 26.6. The number of hydrogen-bond acceptors (Lipinski definition) is 5. The Morgan fingerprint density at radius 3 is 2.82 bits per heavy atom. The summed E-state index contributed by atoms with van der Waals surface area (Å²) >= 11 is 0. The second-order valence-corrected chi connectivity index (χ2v) is 6.25. The van der Waals surface area contributed by atoms with Gasteiger partial charge in [0, 0.05) is 6.54 Å². The lowest BCUT2D eigenvalue weighted by atomic mass is 10.4. The summed E-state index contributed by atoms with van der Waals surface area (Å²) in [7, 11) is -1.41. The van der Waals surface area contributed by atoms with Crippen LogP contribution in [0.4, 0.5) is 11.5 Å². The van der Waals surface area contributed by atoms with E-state index in [0.717, 1.165) is 6.54 Å². The lowest BCUT2D eigenvalue weighted by Crippen LogP contribution is -2.30. The molecule has 0 saturated carbocycles. The van der Waals surface area contributed by atoms with Gasteiger partial charge in [0.1, 0.15) is 5.82 Å². The van der Waals surface area contributed by atoms with Gasteiger partial charge in [0.25, 0.3) is 0 Å². The first-order valence-electron chi connectivity index (χ1n) is 5.39. The molecule has 1 aromatic heterocycles. The van der Waals surface area contributed by atoms with Crippen molar-refractivity contribution in [3.63, 3.8) is 0 Å². The molecule has 3 N–H and O–H groups in total. The lowest BCUT2D eigenvalue weighted by molar-refractivity contribution is 0.417. The van der Waals surface area contributed by atoms with E-state index in [1.54, 1.807) is 12.1 Å². The van der Waals surface area contributed by atoms with Gasteiger partial charge in [-0.1, -0.05) is 0 Å². The number of nitrogens with two attached hydrogens (primary N) is 1. The predicted octanol–water partition coefficient (Wildman–Crippen LogP) is 0.110. The summed E-state index contributed by atoms with van der Waals surface area (Å²) in [4.78, 5) is 5.85. The van der Waals surface area contributed by atoms with Crippen molar-refractivity contribution in [2.45, 2.75) is 11.7 Å². The fourth-order valence-electron chi connectivity index (χ4n) is 1.86. The van der Waals surface area contributed by atoms with Gasteiger partial charge in [-0.3, -0.25) is 4.72 Å². The van der Waals surface area contributed by atoms with Crippen molar-refractivity contribution in [2.24, 2.45) is 0 Å². The highest BCUT2D eigenvalue weighted by molar-refractivity contribution is 7.93. The van der Waals surface area contributed by atoms with E-state index in [1.165, 1.54) is 6.20 Å². The van der Waals surface area contributed by atoms with Gasteiger partial charge in [0.2, 0.25) is 10.0 Å². The number of hydrogen-bond donors (Lipinski definition) is 2. The molecule has 1 aliphatic rings. The van der Waals surface area contributed by atoms with Crippen molar-refractivity contribution in [3.8, 4) is 0 Å². The Balaban J connectivity index is 2.09. The Morgan fingerprint density at radius 1 is 1.53 bits per heavy atom. The number of nitrogens with one attached hydrogen (secondary N) is 1. The average molecular weight is 256 g/mol. The van der Waals surface area contributed by atoms with Crippen molar-refractivity contribution in [1.29, 1.82) is 0 Å². The Kier molecular flexibility index (Phi) is 3.21. The molecule has 1 aliphatic heterocycles. The average Bonchev–Trinajstić information content (AvgIpc) is 2.69. The molecule has 6 nitrogen and oxygen atoms in total. The number of pyridine rings is 1. The second-order valence-electron chi connectivity index (χ2n) is 4.29. The van der Waals surface area contributed by atoms with Crippen LogP contribution in [-0.2, 0) is 10.0 Å². The fourth-order valence-corrected chi connectivity index (χ4v) is 3.34. The first-order valence-corrected chi connectivity index (χ1v) is 6.94. The Morgan fingerprint density at radius 2 is 2.29 bits per heavy atom. The number of aromatic nitrogens is 1. The zero-order chi connectivity index (χ0) is 12.5. The van der Waals surface area contributed by atoms with Crippen LogP contribution in [0, 0.1) is 0 Å². The molecule has 7 heteroatoms. The minimum Gasteiger partial charge on any atom is -0.384 e. The third kappa shape index (κ3) is 2.86. The van der Waals surface area contributed by atoms with Crippen LogP contribution in [-0.4, -0.2) is 43.7 Å². The summed E-state index contributed by atoms with van der Waals surface area (Å²) in [6, 6.07) is 3.18. The Hall–Kier alpha value is -1.34. The molecule has 94 valence electrons. The zero-order valence-corrected chi connectivity index (χ0v) is 10.4. The highest BCUT2D eigenvalue weighted by atomic mass is 32.2. The highest BCUT2D eigenvalue weighted by Crippen LogP contribution is 2.18. The van der Waals surface area contributed by atoms with E-state index in [0.29, 0.717) is 24.5 Å². The molecular weight excluding hydrogens is 240 g/mol. The third-order valence-electron chi connectivity index (χ3n) is 2.83. The van der Waals surface area contributed by atoms with Gasteiger partial charge < -0.3 is 10.6 Å². The zero-order valence-electron chi connectivity index (χ0n) is 9.63. The molecule has 17 heavy (non-hydrogen) atoms. The van der Waals surface area contributed by atoms with Gasteiger partial charge in [-0.15, -0.1) is 0 Å². The monoisotopic (exact) mass is 256 g/mol. The van der Waals surface area contributed by atoms with E-state index in [-0.39, 0.29) is 5.25 Å². The molecule has 0 amide bonds. The van der Waals surface area contributed by atoms with E-state index in [4.69, 9.17) is 5.73 Å². The SMILES string of the molecule is CN1CCC(S(=O)(=O)Nc2ccc(N)nc2)C1. The maximum atomic E-state index is 12.0. The molecule has 0 aliphatic carbocycles. The summed E-state index contributed by atoms with van der Waals surface area (Å²) in [5, 5.41) is -0.356. The van der Waals surface area contributed by atoms with Gasteiger partial charge in [0.15, 0.2) is 0 Å². The van der Waals surface area contributed by atoms with E-state index in [2.05, 4.69) is 9.71 Å². The molecule has 1 aromatic rings. The molecule has 2 heterocycles. The number of nitrogen functional groups attached to an aromatic ring is 1. The molecule has 1 unspecified atom stereocenters. The van der Waals surface area contributed by atoms with E-state index in [9.17, 15) is 8.42 Å². The van der Waals surface area contributed by atoms with E-state index >= 15 is 0 Å². The van der Waals surface area contributed by atoms with Crippen molar-refractivity contribution >= 4 is 21.5 Å². The molecule has 1 fully saturated rings. The van der Waals surface area contributed by atoms with Crippen LogP contribution in [0.1, 0.15) is 6.42 Å². The number of sulfonamides is 1. The van der Waals surface area contributed by atoms with Gasteiger partial charge in [-0.25, -0.2) is 13.4 Å². The van der Waals surface area contributed by atoms with Crippen LogP contribution in [0.3, 0.4) is 0 Å². The lowest BCUT2D eigenvalue weighted by Gasteiger charge is -2.13. The van der Waals surface area contributed by atoms with Gasteiger partial charge in [-0.05, 0) is 32.1 Å². The Bertz CT molecular complexity index is 486. The largest absolute Gasteiger partial charge is 0.384 e. The van der Waals surface area contributed by atoms with E-state index in [1.807, 2.05) is 11.9 Å². The first-order chi connectivity index (χ1) is 7.97. The Labute approximate surface area is 101 Å². The molecule has 2 rings (SSSR count). The van der Waals surface area contributed by atoms with Gasteiger partial charge in [-0.2, -0.15) is 0 Å². The van der Waals surface area contributed by atoms with Crippen LogP contribution in [0.15, 0.2) is 18.3 Å². The van der Waals surface area contributed by atoms with Crippen molar-refractivity contribution in [2.75, 3.05) is 30.6 Å². The second kappa shape index (κ2) is 4.50. The highest BCUT2D eigenvalue weighted by Gasteiger charge is 2.31. The first kappa shape index (κ1) is 12.1. The predicted molar refractivity (Wildman–Crippen MR) is 67.1 cm³/mol. The van der Waals surface area contributed by atoms with Crippen molar-refractivity contribution in [1.82, 2.24) is 9.88 Å². The van der Waals surface area contributed by atoms with E-state index < -0.39 is 10.0 Å². The number of likely N-dealkylation sites (tertiary alicyclic amines) is 1. The summed E-state index contributed by atoms with van der Waals surface area (Å²) in [6.07, 6.45) is 2.08. The molecule has 1 saturated heterocycles. The van der Waals surface area contributed by atoms with Crippen LogP contribution < -0.4 is 10.5 Å². The van der Waals surface area contributed by atoms with Crippen LogP contribution in [0.25, 0.3) is 0 Å². The summed E-state index contributed by atoms with van der Waals surface area (Å²) in [5.41, 5.74) is 5.89. The standard InChI is InChI=1S/C10H16N4O2S/c1-14-5-4-9(7-14)17(15,16)13-8-2-3-10(11)12-6-8/h2-3,6,9,13H,4-5,7H2,1H3,(H2,11,12).